The first-order valence-electron chi connectivity index (χ1n) is 6.73. The topological polar surface area (TPSA) is 15.3 Å². The fourth-order valence-corrected chi connectivity index (χ4v) is 2.97. The molecule has 0 radical (unpaired) electrons. The van der Waals surface area contributed by atoms with Gasteiger partial charge < -0.3 is 5.32 Å². The maximum atomic E-state index is 3.77. The SMILES string of the molecule is CC(C)N1CCC(NCC2CCCC2)C1. The Labute approximate surface area is 94.4 Å². The van der Waals surface area contributed by atoms with Crippen LogP contribution in [0.3, 0.4) is 0 Å². The molecule has 0 bridgehead atoms. The van der Waals surface area contributed by atoms with Crippen molar-refractivity contribution in [3.63, 3.8) is 0 Å². The van der Waals surface area contributed by atoms with E-state index in [4.69, 9.17) is 0 Å². The molecule has 1 aliphatic carbocycles. The molecule has 2 heteroatoms. The number of hydrogen-bond donors (Lipinski definition) is 1. The molecule has 0 aromatic rings. The molecule has 0 aromatic carbocycles. The van der Waals surface area contributed by atoms with Crippen molar-refractivity contribution < 1.29 is 0 Å². The molecular formula is C13H26N2. The third-order valence-corrected chi connectivity index (χ3v) is 4.12. The Hall–Kier alpha value is -0.0800. The molecule has 2 aliphatic rings. The highest BCUT2D eigenvalue weighted by molar-refractivity contribution is 4.83. The lowest BCUT2D eigenvalue weighted by Gasteiger charge is -2.21. The zero-order valence-corrected chi connectivity index (χ0v) is 10.3. The number of likely N-dealkylation sites (tertiary alicyclic amines) is 1. The Balaban J connectivity index is 1.64. The molecule has 0 spiro atoms. The van der Waals surface area contributed by atoms with Gasteiger partial charge in [0, 0.05) is 18.6 Å². The van der Waals surface area contributed by atoms with E-state index in [9.17, 15) is 0 Å². The van der Waals surface area contributed by atoms with Crippen LogP contribution in [-0.2, 0) is 0 Å². The zero-order valence-electron chi connectivity index (χ0n) is 10.3. The first kappa shape index (κ1) is 11.4. The first-order chi connectivity index (χ1) is 7.25. The van der Waals surface area contributed by atoms with E-state index in [0.717, 1.165) is 18.0 Å². The summed E-state index contributed by atoms with van der Waals surface area (Å²) in [5.41, 5.74) is 0. The summed E-state index contributed by atoms with van der Waals surface area (Å²) in [6.07, 6.45) is 7.22. The normalized spacial score (nSPS) is 29.4. The second-order valence-electron chi connectivity index (χ2n) is 5.63. The summed E-state index contributed by atoms with van der Waals surface area (Å²) in [5, 5.41) is 3.77. The van der Waals surface area contributed by atoms with E-state index in [0.29, 0.717) is 0 Å². The molecule has 2 fully saturated rings. The maximum absolute atomic E-state index is 3.77. The van der Waals surface area contributed by atoms with Gasteiger partial charge in [0.25, 0.3) is 0 Å². The van der Waals surface area contributed by atoms with E-state index in [-0.39, 0.29) is 0 Å². The molecule has 1 aliphatic heterocycles. The van der Waals surface area contributed by atoms with Gasteiger partial charge in [0.1, 0.15) is 0 Å². The molecular weight excluding hydrogens is 184 g/mol. The summed E-state index contributed by atoms with van der Waals surface area (Å²) in [7, 11) is 0. The zero-order chi connectivity index (χ0) is 10.7. The van der Waals surface area contributed by atoms with E-state index < -0.39 is 0 Å². The van der Waals surface area contributed by atoms with Crippen LogP contribution in [0.5, 0.6) is 0 Å². The predicted octanol–water partition coefficient (Wildman–Crippen LogP) is 2.25. The Morgan fingerprint density at radius 2 is 1.93 bits per heavy atom. The van der Waals surface area contributed by atoms with Gasteiger partial charge in [0.05, 0.1) is 0 Å². The number of nitrogens with one attached hydrogen (secondary N) is 1. The quantitative estimate of drug-likeness (QED) is 0.765. The average Bonchev–Trinajstić information content (AvgIpc) is 2.86. The lowest BCUT2D eigenvalue weighted by atomic mass is 10.1. The van der Waals surface area contributed by atoms with E-state index in [1.54, 1.807) is 0 Å². The monoisotopic (exact) mass is 210 g/mol. The smallest absolute Gasteiger partial charge is 0.0207 e. The van der Waals surface area contributed by atoms with E-state index in [2.05, 4.69) is 24.1 Å². The second-order valence-corrected chi connectivity index (χ2v) is 5.63. The van der Waals surface area contributed by atoms with Crippen molar-refractivity contribution in [2.75, 3.05) is 19.6 Å². The highest BCUT2D eigenvalue weighted by atomic mass is 15.2. The van der Waals surface area contributed by atoms with Crippen LogP contribution in [0.25, 0.3) is 0 Å². The Morgan fingerprint density at radius 3 is 2.53 bits per heavy atom. The van der Waals surface area contributed by atoms with Crippen molar-refractivity contribution in [2.45, 2.75) is 58.0 Å². The van der Waals surface area contributed by atoms with Gasteiger partial charge in [0.2, 0.25) is 0 Å². The van der Waals surface area contributed by atoms with Crippen molar-refractivity contribution in [1.82, 2.24) is 10.2 Å². The fourth-order valence-electron chi connectivity index (χ4n) is 2.97. The van der Waals surface area contributed by atoms with Crippen LogP contribution < -0.4 is 5.32 Å². The fraction of sp³-hybridized carbons (Fsp3) is 1.00. The van der Waals surface area contributed by atoms with Gasteiger partial charge in [-0.15, -0.1) is 0 Å². The molecule has 1 atom stereocenters. The summed E-state index contributed by atoms with van der Waals surface area (Å²) in [5.74, 6) is 0.984. The Morgan fingerprint density at radius 1 is 1.20 bits per heavy atom. The third kappa shape index (κ3) is 3.18. The summed E-state index contributed by atoms with van der Waals surface area (Å²) in [6, 6.07) is 1.50. The van der Waals surface area contributed by atoms with Crippen molar-refractivity contribution >= 4 is 0 Å². The lowest BCUT2D eigenvalue weighted by Crippen LogP contribution is -2.37. The van der Waals surface area contributed by atoms with Gasteiger partial charge in [-0.25, -0.2) is 0 Å². The van der Waals surface area contributed by atoms with Crippen LogP contribution in [0.4, 0.5) is 0 Å². The molecule has 88 valence electrons. The van der Waals surface area contributed by atoms with E-state index in [1.807, 2.05) is 0 Å². The minimum Gasteiger partial charge on any atom is -0.312 e. The second kappa shape index (κ2) is 5.31. The van der Waals surface area contributed by atoms with Crippen molar-refractivity contribution in [2.24, 2.45) is 5.92 Å². The Bertz CT molecular complexity index is 185. The molecule has 15 heavy (non-hydrogen) atoms. The van der Waals surface area contributed by atoms with E-state index in [1.165, 1.54) is 51.7 Å². The van der Waals surface area contributed by atoms with Crippen molar-refractivity contribution in [1.29, 1.82) is 0 Å². The summed E-state index contributed by atoms with van der Waals surface area (Å²) >= 11 is 0. The number of hydrogen-bond acceptors (Lipinski definition) is 2. The Kier molecular flexibility index (Phi) is 4.04. The highest BCUT2D eigenvalue weighted by Crippen LogP contribution is 2.24. The van der Waals surface area contributed by atoms with Gasteiger partial charge in [-0.2, -0.15) is 0 Å². The van der Waals surface area contributed by atoms with Crippen LogP contribution in [0, 0.1) is 5.92 Å². The van der Waals surface area contributed by atoms with Gasteiger partial charge in [0.15, 0.2) is 0 Å². The third-order valence-electron chi connectivity index (χ3n) is 4.12. The molecule has 2 nitrogen and oxygen atoms in total. The molecule has 1 saturated carbocycles. The van der Waals surface area contributed by atoms with Crippen LogP contribution in [-0.4, -0.2) is 36.6 Å². The summed E-state index contributed by atoms with van der Waals surface area (Å²) in [6.45, 7) is 8.44. The predicted molar refractivity (Wildman–Crippen MR) is 65.1 cm³/mol. The van der Waals surface area contributed by atoms with E-state index >= 15 is 0 Å². The van der Waals surface area contributed by atoms with Crippen LogP contribution in [0.2, 0.25) is 0 Å². The lowest BCUT2D eigenvalue weighted by molar-refractivity contribution is 0.266. The summed E-state index contributed by atoms with van der Waals surface area (Å²) < 4.78 is 0. The van der Waals surface area contributed by atoms with Crippen molar-refractivity contribution in [3.8, 4) is 0 Å². The molecule has 0 amide bonds. The number of rotatable bonds is 4. The summed E-state index contributed by atoms with van der Waals surface area (Å²) in [4.78, 5) is 2.59. The largest absolute Gasteiger partial charge is 0.312 e. The molecule has 2 rings (SSSR count). The molecule has 1 saturated heterocycles. The van der Waals surface area contributed by atoms with Crippen LogP contribution >= 0.6 is 0 Å². The molecule has 0 aromatic heterocycles. The standard InChI is InChI=1S/C13H26N2/c1-11(2)15-8-7-13(10-15)14-9-12-5-3-4-6-12/h11-14H,3-10H2,1-2H3. The van der Waals surface area contributed by atoms with Gasteiger partial charge in [-0.05, 0) is 52.1 Å². The van der Waals surface area contributed by atoms with Gasteiger partial charge in [-0.3, -0.25) is 4.90 Å². The highest BCUT2D eigenvalue weighted by Gasteiger charge is 2.24. The molecule has 1 unspecified atom stereocenters. The molecule has 1 heterocycles. The van der Waals surface area contributed by atoms with Gasteiger partial charge >= 0.3 is 0 Å². The van der Waals surface area contributed by atoms with Gasteiger partial charge in [-0.1, -0.05) is 12.8 Å². The van der Waals surface area contributed by atoms with Crippen LogP contribution in [0.1, 0.15) is 46.0 Å². The van der Waals surface area contributed by atoms with Crippen molar-refractivity contribution in [3.05, 3.63) is 0 Å². The first-order valence-corrected chi connectivity index (χ1v) is 6.73. The minimum atomic E-state index is 0.725. The minimum absolute atomic E-state index is 0.725. The van der Waals surface area contributed by atoms with Crippen LogP contribution in [0.15, 0.2) is 0 Å². The number of nitrogens with zero attached hydrogens (tertiary/aromatic N) is 1. The maximum Gasteiger partial charge on any atom is 0.0207 e. The molecule has 1 N–H and O–H groups in total. The average molecular weight is 210 g/mol.